The van der Waals surface area contributed by atoms with Crippen molar-refractivity contribution in [2.75, 3.05) is 0 Å². The number of aliphatic carboxylic acids is 1. The van der Waals surface area contributed by atoms with E-state index in [1.54, 1.807) is 0 Å². The van der Waals surface area contributed by atoms with Crippen molar-refractivity contribution in [3.05, 3.63) is 0 Å². The van der Waals surface area contributed by atoms with E-state index in [-0.39, 0.29) is 19.3 Å². The van der Waals surface area contributed by atoms with E-state index in [1.165, 1.54) is 0 Å². The molecule has 0 amide bonds. The lowest BCUT2D eigenvalue weighted by atomic mass is 10.0. The van der Waals surface area contributed by atoms with Gasteiger partial charge in [-0.05, 0) is 12.8 Å². The van der Waals surface area contributed by atoms with Crippen LogP contribution in [0.25, 0.3) is 0 Å². The van der Waals surface area contributed by atoms with Crippen LogP contribution >= 0.6 is 0 Å². The maximum absolute atomic E-state index is 13.0. The third-order valence-corrected chi connectivity index (χ3v) is 2.21. The fraction of sp³-hybridized carbons (Fsp3) is 0.900. The topological polar surface area (TPSA) is 37.3 Å². The predicted octanol–water partition coefficient (Wildman–Crippen LogP) is 4.00. The van der Waals surface area contributed by atoms with Crippen molar-refractivity contribution in [2.24, 2.45) is 0 Å². The third kappa shape index (κ3) is 11.4. The van der Waals surface area contributed by atoms with Crippen molar-refractivity contribution in [3.8, 4) is 0 Å². The van der Waals surface area contributed by atoms with Gasteiger partial charge < -0.3 is 5.11 Å². The standard InChI is InChI=1S/C10H15F5O2/c11-9(12,7-4-8(16)17)5-2-1-3-6-10(13,14)15/h1-7H2,(H,16,17). The number of hydrogen-bond acceptors (Lipinski definition) is 1. The van der Waals surface area contributed by atoms with Crippen molar-refractivity contribution in [2.45, 2.75) is 57.0 Å². The second-order valence-electron chi connectivity index (χ2n) is 3.93. The fourth-order valence-corrected chi connectivity index (χ4v) is 1.30. The van der Waals surface area contributed by atoms with Crippen LogP contribution in [0.3, 0.4) is 0 Å². The van der Waals surface area contributed by atoms with Crippen molar-refractivity contribution < 1.29 is 31.9 Å². The van der Waals surface area contributed by atoms with Gasteiger partial charge in [0.05, 0.1) is 6.42 Å². The number of rotatable bonds is 8. The molecule has 0 atom stereocenters. The summed E-state index contributed by atoms with van der Waals surface area (Å²) in [6.45, 7) is 0. The molecule has 7 heteroatoms. The molecule has 1 N–H and O–H groups in total. The molecule has 0 aromatic rings. The molecule has 0 saturated heterocycles. The van der Waals surface area contributed by atoms with E-state index >= 15 is 0 Å². The van der Waals surface area contributed by atoms with Gasteiger partial charge in [-0.15, -0.1) is 0 Å². The molecule has 2 nitrogen and oxygen atoms in total. The smallest absolute Gasteiger partial charge is 0.389 e. The third-order valence-electron chi connectivity index (χ3n) is 2.21. The molecule has 0 aliphatic heterocycles. The summed E-state index contributed by atoms with van der Waals surface area (Å²) < 4.78 is 61.1. The average molecular weight is 262 g/mol. The highest BCUT2D eigenvalue weighted by molar-refractivity contribution is 5.66. The van der Waals surface area contributed by atoms with Gasteiger partial charge in [0.1, 0.15) is 0 Å². The zero-order valence-electron chi connectivity index (χ0n) is 9.20. The van der Waals surface area contributed by atoms with E-state index < -0.39 is 43.8 Å². The maximum Gasteiger partial charge on any atom is 0.389 e. The number of carboxylic acid groups (broad SMARTS) is 1. The lowest BCUT2D eigenvalue weighted by Gasteiger charge is -2.15. The summed E-state index contributed by atoms with van der Waals surface area (Å²) in [7, 11) is 0. The maximum atomic E-state index is 13.0. The van der Waals surface area contributed by atoms with Gasteiger partial charge in [0.2, 0.25) is 5.92 Å². The Labute approximate surface area is 95.8 Å². The summed E-state index contributed by atoms with van der Waals surface area (Å²) in [6.07, 6.45) is -7.28. The van der Waals surface area contributed by atoms with E-state index in [9.17, 15) is 26.7 Å². The Balaban J connectivity index is 3.62. The van der Waals surface area contributed by atoms with Crippen LogP contribution in [-0.4, -0.2) is 23.2 Å². The van der Waals surface area contributed by atoms with Gasteiger partial charge in [0.15, 0.2) is 0 Å². The van der Waals surface area contributed by atoms with E-state index in [4.69, 9.17) is 5.11 Å². The van der Waals surface area contributed by atoms with Crippen LogP contribution in [0.1, 0.15) is 44.9 Å². The van der Waals surface area contributed by atoms with Crippen LogP contribution in [-0.2, 0) is 4.79 Å². The largest absolute Gasteiger partial charge is 0.481 e. The number of carboxylic acids is 1. The Morgan fingerprint density at radius 3 is 1.88 bits per heavy atom. The minimum absolute atomic E-state index is 0.0251. The summed E-state index contributed by atoms with van der Waals surface area (Å²) >= 11 is 0. The molecule has 0 unspecified atom stereocenters. The van der Waals surface area contributed by atoms with Gasteiger partial charge in [-0.1, -0.05) is 6.42 Å². The summed E-state index contributed by atoms with van der Waals surface area (Å²) in [5.74, 6) is -4.40. The van der Waals surface area contributed by atoms with Gasteiger partial charge >= 0.3 is 12.1 Å². The number of alkyl halides is 5. The Bertz CT molecular complexity index is 237. The number of halogens is 5. The van der Waals surface area contributed by atoms with Crippen molar-refractivity contribution in [1.29, 1.82) is 0 Å². The van der Waals surface area contributed by atoms with Crippen LogP contribution in [0.5, 0.6) is 0 Å². The lowest BCUT2D eigenvalue weighted by Crippen LogP contribution is -2.17. The minimum Gasteiger partial charge on any atom is -0.481 e. The molecule has 0 aromatic heterocycles. The summed E-state index contributed by atoms with van der Waals surface area (Å²) in [6, 6.07) is 0. The SMILES string of the molecule is O=C(O)CCC(F)(F)CCCCCC(F)(F)F. The summed E-state index contributed by atoms with van der Waals surface area (Å²) in [5.41, 5.74) is 0. The molecule has 0 saturated carbocycles. The molecule has 0 fully saturated rings. The second kappa shape index (κ2) is 6.76. The van der Waals surface area contributed by atoms with E-state index in [1.807, 2.05) is 0 Å². The lowest BCUT2D eigenvalue weighted by molar-refractivity contribution is -0.140. The van der Waals surface area contributed by atoms with Gasteiger partial charge in [0.25, 0.3) is 0 Å². The quantitative estimate of drug-likeness (QED) is 0.530. The first-order valence-corrected chi connectivity index (χ1v) is 5.29. The molecule has 0 rings (SSSR count). The zero-order chi connectivity index (χ0) is 13.5. The first kappa shape index (κ1) is 16.1. The molecule has 0 heterocycles. The number of carbonyl (C=O) groups is 1. The second-order valence-corrected chi connectivity index (χ2v) is 3.93. The first-order valence-electron chi connectivity index (χ1n) is 5.29. The van der Waals surface area contributed by atoms with Crippen molar-refractivity contribution >= 4 is 5.97 Å². The Hall–Kier alpha value is -0.880. The van der Waals surface area contributed by atoms with Crippen molar-refractivity contribution in [1.82, 2.24) is 0 Å². The highest BCUT2D eigenvalue weighted by Gasteiger charge is 2.29. The number of hydrogen-bond donors (Lipinski definition) is 1. The van der Waals surface area contributed by atoms with Gasteiger partial charge in [-0.25, -0.2) is 8.78 Å². The predicted molar refractivity (Wildman–Crippen MR) is 51.0 cm³/mol. The molecule has 0 bridgehead atoms. The van der Waals surface area contributed by atoms with E-state index in [2.05, 4.69) is 0 Å². The number of unbranched alkanes of at least 4 members (excludes halogenated alkanes) is 2. The van der Waals surface area contributed by atoms with Gasteiger partial charge in [0, 0.05) is 19.3 Å². The molecule has 0 aliphatic carbocycles. The Morgan fingerprint density at radius 2 is 1.41 bits per heavy atom. The first-order chi connectivity index (χ1) is 7.62. The van der Waals surface area contributed by atoms with Gasteiger partial charge in [-0.3, -0.25) is 4.79 Å². The normalized spacial score (nSPS) is 12.8. The molecule has 17 heavy (non-hydrogen) atoms. The molecular weight excluding hydrogens is 247 g/mol. The summed E-state index contributed by atoms with van der Waals surface area (Å²) in [4.78, 5) is 10.1. The summed E-state index contributed by atoms with van der Waals surface area (Å²) in [5, 5.41) is 8.22. The minimum atomic E-state index is -4.24. The zero-order valence-corrected chi connectivity index (χ0v) is 9.20. The highest BCUT2D eigenvalue weighted by Crippen LogP contribution is 2.28. The van der Waals surface area contributed by atoms with Crippen molar-refractivity contribution in [3.63, 3.8) is 0 Å². The van der Waals surface area contributed by atoms with Crippen LogP contribution in [0, 0.1) is 0 Å². The average Bonchev–Trinajstić information content (AvgIpc) is 2.12. The highest BCUT2D eigenvalue weighted by atomic mass is 19.4. The fourth-order valence-electron chi connectivity index (χ4n) is 1.30. The Morgan fingerprint density at radius 1 is 0.882 bits per heavy atom. The molecule has 0 radical (unpaired) electrons. The van der Waals surface area contributed by atoms with Gasteiger partial charge in [-0.2, -0.15) is 13.2 Å². The Kier molecular flexibility index (Phi) is 6.41. The van der Waals surface area contributed by atoms with Crippen LogP contribution in [0.4, 0.5) is 22.0 Å². The molecular formula is C10H15F5O2. The molecule has 0 aromatic carbocycles. The molecule has 0 aliphatic rings. The van der Waals surface area contributed by atoms with E-state index in [0.717, 1.165) is 0 Å². The van der Waals surface area contributed by atoms with E-state index in [0.29, 0.717) is 0 Å². The van der Waals surface area contributed by atoms with Crippen LogP contribution < -0.4 is 0 Å². The monoisotopic (exact) mass is 262 g/mol. The van der Waals surface area contributed by atoms with Crippen LogP contribution in [0.2, 0.25) is 0 Å². The van der Waals surface area contributed by atoms with Crippen LogP contribution in [0.15, 0.2) is 0 Å². The molecule has 0 spiro atoms. The molecule has 102 valence electrons.